The molecule has 1 saturated heterocycles. The highest BCUT2D eigenvalue weighted by Gasteiger charge is 2.17. The van der Waals surface area contributed by atoms with Gasteiger partial charge in [-0.05, 0) is 20.0 Å². The zero-order chi connectivity index (χ0) is 12.4. The van der Waals surface area contributed by atoms with Crippen LogP contribution in [0.15, 0.2) is 18.2 Å². The van der Waals surface area contributed by atoms with E-state index in [4.69, 9.17) is 0 Å². The lowest BCUT2D eigenvalue weighted by Gasteiger charge is -2.34. The van der Waals surface area contributed by atoms with E-state index >= 15 is 0 Å². The lowest BCUT2D eigenvalue weighted by molar-refractivity contribution is -0.385. The van der Waals surface area contributed by atoms with Crippen LogP contribution in [-0.2, 0) is 0 Å². The van der Waals surface area contributed by atoms with E-state index < -0.39 is 0 Å². The van der Waals surface area contributed by atoms with Gasteiger partial charge in [0.1, 0.15) is 0 Å². The molecule has 1 heterocycles. The number of aryl methyl sites for hydroxylation is 1. The molecule has 0 atom stereocenters. The summed E-state index contributed by atoms with van der Waals surface area (Å²) >= 11 is 0. The fourth-order valence-corrected chi connectivity index (χ4v) is 2.06. The molecule has 1 aliphatic heterocycles. The number of nitro benzene ring substituents is 1. The normalized spacial score (nSPS) is 17.2. The van der Waals surface area contributed by atoms with Crippen molar-refractivity contribution in [2.75, 3.05) is 38.1 Å². The van der Waals surface area contributed by atoms with Gasteiger partial charge < -0.3 is 9.80 Å². The van der Waals surface area contributed by atoms with Crippen molar-refractivity contribution in [3.05, 3.63) is 33.9 Å². The Labute approximate surface area is 101 Å². The molecule has 0 radical (unpaired) electrons. The van der Waals surface area contributed by atoms with Crippen molar-refractivity contribution in [3.8, 4) is 0 Å². The summed E-state index contributed by atoms with van der Waals surface area (Å²) in [5, 5.41) is 10.9. The first kappa shape index (κ1) is 11.9. The number of hydrogen-bond acceptors (Lipinski definition) is 4. The van der Waals surface area contributed by atoms with E-state index in [0.29, 0.717) is 5.56 Å². The van der Waals surface area contributed by atoms with Crippen molar-refractivity contribution in [2.24, 2.45) is 0 Å². The summed E-state index contributed by atoms with van der Waals surface area (Å²) in [7, 11) is 2.09. The predicted molar refractivity (Wildman–Crippen MR) is 67.5 cm³/mol. The van der Waals surface area contributed by atoms with E-state index in [-0.39, 0.29) is 10.6 Å². The smallest absolute Gasteiger partial charge is 0.274 e. The average molecular weight is 235 g/mol. The Balaban J connectivity index is 2.21. The Morgan fingerprint density at radius 1 is 1.24 bits per heavy atom. The lowest BCUT2D eigenvalue weighted by atomic mass is 10.1. The number of anilines is 1. The summed E-state index contributed by atoms with van der Waals surface area (Å²) in [5.74, 6) is 0. The third-order valence-electron chi connectivity index (χ3n) is 3.26. The maximum Gasteiger partial charge on any atom is 0.274 e. The van der Waals surface area contributed by atoms with E-state index in [9.17, 15) is 10.1 Å². The molecule has 1 fully saturated rings. The zero-order valence-corrected chi connectivity index (χ0v) is 10.2. The highest BCUT2D eigenvalue weighted by molar-refractivity contribution is 5.56. The van der Waals surface area contributed by atoms with Gasteiger partial charge in [-0.15, -0.1) is 0 Å². The lowest BCUT2D eigenvalue weighted by Crippen LogP contribution is -2.44. The Kier molecular flexibility index (Phi) is 3.28. The van der Waals surface area contributed by atoms with Crippen molar-refractivity contribution in [3.63, 3.8) is 0 Å². The summed E-state index contributed by atoms with van der Waals surface area (Å²) in [5.41, 5.74) is 1.88. The molecular formula is C12H17N3O2. The topological polar surface area (TPSA) is 49.6 Å². The first-order chi connectivity index (χ1) is 8.08. The van der Waals surface area contributed by atoms with Crippen LogP contribution in [0.3, 0.4) is 0 Å². The summed E-state index contributed by atoms with van der Waals surface area (Å²) in [6, 6.07) is 5.47. The maximum atomic E-state index is 10.9. The van der Waals surface area contributed by atoms with Crippen LogP contribution in [0.1, 0.15) is 5.56 Å². The van der Waals surface area contributed by atoms with Gasteiger partial charge in [0.15, 0.2) is 0 Å². The summed E-state index contributed by atoms with van der Waals surface area (Å²) in [6.45, 7) is 5.63. The van der Waals surface area contributed by atoms with E-state index in [1.165, 1.54) is 0 Å². The number of likely N-dealkylation sites (N-methyl/N-ethyl adjacent to an activating group) is 1. The van der Waals surface area contributed by atoms with E-state index in [0.717, 1.165) is 31.9 Å². The molecule has 0 saturated carbocycles. The number of piperazine rings is 1. The molecule has 17 heavy (non-hydrogen) atoms. The second-order valence-corrected chi connectivity index (χ2v) is 4.52. The van der Waals surface area contributed by atoms with Crippen LogP contribution < -0.4 is 4.90 Å². The summed E-state index contributed by atoms with van der Waals surface area (Å²) in [6.07, 6.45) is 0. The zero-order valence-electron chi connectivity index (χ0n) is 10.2. The largest absolute Gasteiger partial charge is 0.369 e. The molecule has 0 aliphatic carbocycles. The van der Waals surface area contributed by atoms with Crippen LogP contribution in [0, 0.1) is 17.0 Å². The van der Waals surface area contributed by atoms with Gasteiger partial charge >= 0.3 is 0 Å². The molecule has 5 nitrogen and oxygen atoms in total. The monoisotopic (exact) mass is 235 g/mol. The number of rotatable bonds is 2. The predicted octanol–water partition coefficient (Wildman–Crippen LogP) is 1.66. The molecule has 2 rings (SSSR count). The van der Waals surface area contributed by atoms with Gasteiger partial charge in [0.2, 0.25) is 0 Å². The van der Waals surface area contributed by atoms with Gasteiger partial charge in [0.25, 0.3) is 5.69 Å². The number of benzene rings is 1. The molecule has 0 amide bonds. The molecule has 92 valence electrons. The van der Waals surface area contributed by atoms with Crippen LogP contribution in [-0.4, -0.2) is 43.0 Å². The standard InChI is InChI=1S/C12H17N3O2/c1-10-3-4-11(9-12(10)15(16)17)14-7-5-13(2)6-8-14/h3-4,9H,5-8H2,1-2H3. The van der Waals surface area contributed by atoms with Crippen LogP contribution >= 0.6 is 0 Å². The highest BCUT2D eigenvalue weighted by Crippen LogP contribution is 2.25. The molecule has 0 N–H and O–H groups in total. The Hall–Kier alpha value is -1.62. The highest BCUT2D eigenvalue weighted by atomic mass is 16.6. The number of nitro groups is 1. The van der Waals surface area contributed by atoms with Crippen LogP contribution in [0.25, 0.3) is 0 Å². The van der Waals surface area contributed by atoms with Gasteiger partial charge in [0.05, 0.1) is 4.92 Å². The molecule has 0 aromatic heterocycles. The fourth-order valence-electron chi connectivity index (χ4n) is 2.06. The van der Waals surface area contributed by atoms with E-state index in [1.807, 2.05) is 12.1 Å². The van der Waals surface area contributed by atoms with Crippen LogP contribution in [0.5, 0.6) is 0 Å². The van der Waals surface area contributed by atoms with Crippen molar-refractivity contribution < 1.29 is 4.92 Å². The maximum absolute atomic E-state index is 10.9. The molecule has 0 unspecified atom stereocenters. The molecule has 1 aromatic rings. The van der Waals surface area contributed by atoms with Crippen LogP contribution in [0.4, 0.5) is 11.4 Å². The van der Waals surface area contributed by atoms with Gasteiger partial charge in [-0.25, -0.2) is 0 Å². The Morgan fingerprint density at radius 3 is 2.47 bits per heavy atom. The molecule has 1 aromatic carbocycles. The minimum atomic E-state index is -0.311. The van der Waals surface area contributed by atoms with Crippen molar-refractivity contribution in [1.29, 1.82) is 0 Å². The molecule has 0 bridgehead atoms. The van der Waals surface area contributed by atoms with E-state index in [1.54, 1.807) is 13.0 Å². The molecule has 5 heteroatoms. The van der Waals surface area contributed by atoms with Gasteiger partial charge in [-0.3, -0.25) is 10.1 Å². The quantitative estimate of drug-likeness (QED) is 0.578. The second-order valence-electron chi connectivity index (χ2n) is 4.52. The Morgan fingerprint density at radius 2 is 1.88 bits per heavy atom. The molecule has 1 aliphatic rings. The third kappa shape index (κ3) is 2.55. The van der Waals surface area contributed by atoms with Gasteiger partial charge in [0, 0.05) is 43.5 Å². The van der Waals surface area contributed by atoms with Crippen molar-refractivity contribution in [1.82, 2.24) is 4.90 Å². The van der Waals surface area contributed by atoms with Crippen molar-refractivity contribution in [2.45, 2.75) is 6.92 Å². The SMILES string of the molecule is Cc1ccc(N2CCN(C)CC2)cc1[N+](=O)[O-]. The summed E-state index contributed by atoms with van der Waals surface area (Å²) < 4.78 is 0. The number of nitrogens with zero attached hydrogens (tertiary/aromatic N) is 3. The third-order valence-corrected chi connectivity index (χ3v) is 3.26. The minimum Gasteiger partial charge on any atom is -0.369 e. The second kappa shape index (κ2) is 4.71. The number of hydrogen-bond donors (Lipinski definition) is 0. The molecule has 0 spiro atoms. The van der Waals surface area contributed by atoms with Gasteiger partial charge in [-0.2, -0.15) is 0 Å². The minimum absolute atomic E-state index is 0.210. The first-order valence-electron chi connectivity index (χ1n) is 5.76. The average Bonchev–Trinajstić information content (AvgIpc) is 2.30. The van der Waals surface area contributed by atoms with Crippen LogP contribution in [0.2, 0.25) is 0 Å². The van der Waals surface area contributed by atoms with Crippen molar-refractivity contribution >= 4 is 11.4 Å². The van der Waals surface area contributed by atoms with Gasteiger partial charge in [-0.1, -0.05) is 6.07 Å². The van der Waals surface area contributed by atoms with E-state index in [2.05, 4.69) is 16.8 Å². The molecular weight excluding hydrogens is 218 g/mol. The fraction of sp³-hybridized carbons (Fsp3) is 0.500. The Bertz CT molecular complexity index is 426. The summed E-state index contributed by atoms with van der Waals surface area (Å²) in [4.78, 5) is 15.0. The first-order valence-corrected chi connectivity index (χ1v) is 5.76.